The van der Waals surface area contributed by atoms with Gasteiger partial charge in [-0.15, -0.1) is 11.3 Å². The Labute approximate surface area is 170 Å². The molecular weight excluding hydrogens is 393 g/mol. The van der Waals surface area contributed by atoms with Gasteiger partial charge in [-0.1, -0.05) is 19.1 Å². The van der Waals surface area contributed by atoms with E-state index in [2.05, 4.69) is 6.92 Å². The monoisotopic (exact) mass is 415 g/mol. The van der Waals surface area contributed by atoms with E-state index in [9.17, 15) is 18.8 Å². The van der Waals surface area contributed by atoms with Gasteiger partial charge in [0.25, 0.3) is 5.56 Å². The first-order valence-corrected chi connectivity index (χ1v) is 10.7. The number of halogens is 1. The maximum Gasteiger partial charge on any atom is 0.336 e. The number of aromatic nitrogens is 2. The summed E-state index contributed by atoms with van der Waals surface area (Å²) in [5.74, 6) is -0.813. The molecule has 1 fully saturated rings. The average molecular weight is 415 g/mol. The summed E-state index contributed by atoms with van der Waals surface area (Å²) in [6.45, 7) is 2.56. The van der Waals surface area contributed by atoms with Crippen LogP contribution in [0.25, 0.3) is 15.9 Å². The second-order valence-electron chi connectivity index (χ2n) is 7.24. The maximum atomic E-state index is 14.4. The molecule has 1 aliphatic rings. The zero-order valence-electron chi connectivity index (χ0n) is 16.1. The molecule has 3 heterocycles. The Morgan fingerprint density at radius 1 is 1.21 bits per heavy atom. The summed E-state index contributed by atoms with van der Waals surface area (Å²) in [6, 6.07) is 7.49. The summed E-state index contributed by atoms with van der Waals surface area (Å²) in [5.41, 5.74) is -0.970. The second-order valence-corrected chi connectivity index (χ2v) is 8.16. The Morgan fingerprint density at radius 2 is 2.00 bits per heavy atom. The van der Waals surface area contributed by atoms with Gasteiger partial charge in [-0.25, -0.2) is 13.8 Å². The van der Waals surface area contributed by atoms with Crippen LogP contribution in [0.2, 0.25) is 0 Å². The number of para-hydroxylation sites is 1. The number of hydrogen-bond donors (Lipinski definition) is 0. The van der Waals surface area contributed by atoms with Crippen molar-refractivity contribution < 1.29 is 9.18 Å². The number of thiophene rings is 1. The van der Waals surface area contributed by atoms with Gasteiger partial charge in [0, 0.05) is 12.6 Å². The summed E-state index contributed by atoms with van der Waals surface area (Å²) in [7, 11) is 0. The molecule has 2 aromatic heterocycles. The lowest BCUT2D eigenvalue weighted by Gasteiger charge is -2.35. The van der Waals surface area contributed by atoms with Crippen LogP contribution in [0.3, 0.4) is 0 Å². The van der Waals surface area contributed by atoms with Gasteiger partial charge in [0.1, 0.15) is 17.1 Å². The Bertz CT molecular complexity index is 1180. The fraction of sp³-hybridized carbons (Fsp3) is 0.381. The fourth-order valence-corrected chi connectivity index (χ4v) is 4.89. The van der Waals surface area contributed by atoms with Crippen molar-refractivity contribution in [2.75, 3.05) is 6.54 Å². The van der Waals surface area contributed by atoms with Gasteiger partial charge in [-0.05, 0) is 49.3 Å². The lowest BCUT2D eigenvalue weighted by Crippen LogP contribution is -2.47. The van der Waals surface area contributed by atoms with E-state index in [0.29, 0.717) is 16.8 Å². The first kappa shape index (κ1) is 19.6. The molecule has 29 heavy (non-hydrogen) atoms. The van der Waals surface area contributed by atoms with E-state index in [1.54, 1.807) is 17.5 Å². The predicted molar refractivity (Wildman–Crippen MR) is 111 cm³/mol. The van der Waals surface area contributed by atoms with Gasteiger partial charge in [0.05, 0.1) is 11.2 Å². The van der Waals surface area contributed by atoms with Crippen molar-refractivity contribution in [1.82, 2.24) is 14.0 Å². The van der Waals surface area contributed by atoms with Crippen LogP contribution in [0.1, 0.15) is 32.6 Å². The topological polar surface area (TPSA) is 64.3 Å². The van der Waals surface area contributed by atoms with Gasteiger partial charge >= 0.3 is 5.69 Å². The standard InChI is InChI=1S/C21H22FN3O3S/c1-2-14-7-5-6-11-23(14)18(26)13-24-17-10-12-29-19(17)20(27)25(21(24)28)16-9-4-3-8-15(16)22/h3-4,8-10,12,14H,2,5-7,11,13H2,1H3/t14-/m0/s1. The normalized spacial score (nSPS) is 17.0. The van der Waals surface area contributed by atoms with Crippen LogP contribution in [0.15, 0.2) is 45.3 Å². The largest absolute Gasteiger partial charge is 0.338 e. The molecule has 3 aromatic rings. The van der Waals surface area contributed by atoms with Crippen molar-refractivity contribution in [2.45, 2.75) is 45.2 Å². The minimum atomic E-state index is -0.704. The SMILES string of the molecule is CC[C@H]1CCCCN1C(=O)Cn1c(=O)n(-c2ccccc2F)c(=O)c2sccc21. The van der Waals surface area contributed by atoms with Crippen molar-refractivity contribution in [3.63, 3.8) is 0 Å². The Balaban J connectivity index is 1.84. The van der Waals surface area contributed by atoms with E-state index < -0.39 is 17.1 Å². The highest BCUT2D eigenvalue weighted by molar-refractivity contribution is 7.17. The molecule has 0 radical (unpaired) electrons. The van der Waals surface area contributed by atoms with Crippen LogP contribution in [0, 0.1) is 5.82 Å². The average Bonchev–Trinajstić information content (AvgIpc) is 3.22. The summed E-state index contributed by atoms with van der Waals surface area (Å²) in [6.07, 6.45) is 3.86. The minimum absolute atomic E-state index is 0.108. The molecule has 1 aliphatic heterocycles. The number of rotatable bonds is 4. The highest BCUT2D eigenvalue weighted by Gasteiger charge is 2.27. The Kier molecular flexibility index (Phi) is 5.36. The molecule has 0 unspecified atom stereocenters. The first-order valence-electron chi connectivity index (χ1n) is 9.80. The van der Waals surface area contributed by atoms with Gasteiger partial charge in [-0.3, -0.25) is 14.2 Å². The number of piperidine rings is 1. The molecule has 1 atom stereocenters. The number of fused-ring (bicyclic) bond motifs is 1. The van der Waals surface area contributed by atoms with E-state index in [0.717, 1.165) is 30.3 Å². The van der Waals surface area contributed by atoms with Crippen molar-refractivity contribution in [3.8, 4) is 5.69 Å². The van der Waals surface area contributed by atoms with E-state index in [1.807, 2.05) is 4.90 Å². The van der Waals surface area contributed by atoms with E-state index in [1.165, 1.54) is 34.1 Å². The molecule has 1 amide bonds. The summed E-state index contributed by atoms with van der Waals surface area (Å²) >= 11 is 1.18. The third-order valence-corrected chi connectivity index (χ3v) is 6.45. The molecule has 1 saturated heterocycles. The van der Waals surface area contributed by atoms with Gasteiger partial charge in [0.15, 0.2) is 0 Å². The number of hydrogen-bond acceptors (Lipinski definition) is 4. The number of carbonyl (C=O) groups excluding carboxylic acids is 1. The van der Waals surface area contributed by atoms with Crippen molar-refractivity contribution in [1.29, 1.82) is 0 Å². The molecule has 6 nitrogen and oxygen atoms in total. The van der Waals surface area contributed by atoms with Gasteiger partial charge in [0.2, 0.25) is 5.91 Å². The highest BCUT2D eigenvalue weighted by atomic mass is 32.1. The molecular formula is C21H22FN3O3S. The number of likely N-dealkylation sites (tertiary alicyclic amines) is 1. The molecule has 0 aliphatic carbocycles. The summed E-state index contributed by atoms with van der Waals surface area (Å²) in [5, 5.41) is 1.70. The summed E-state index contributed by atoms with van der Waals surface area (Å²) in [4.78, 5) is 41.0. The Morgan fingerprint density at radius 3 is 2.76 bits per heavy atom. The van der Waals surface area contributed by atoms with Gasteiger partial charge < -0.3 is 4.90 Å². The van der Waals surface area contributed by atoms with Crippen molar-refractivity contribution >= 4 is 27.5 Å². The Hall–Kier alpha value is -2.74. The molecule has 152 valence electrons. The number of amides is 1. The van der Waals surface area contributed by atoms with Crippen LogP contribution in [0.4, 0.5) is 4.39 Å². The lowest BCUT2D eigenvalue weighted by atomic mass is 10.00. The van der Waals surface area contributed by atoms with Crippen molar-refractivity contribution in [2.24, 2.45) is 0 Å². The highest BCUT2D eigenvalue weighted by Crippen LogP contribution is 2.21. The summed E-state index contributed by atoms with van der Waals surface area (Å²) < 4.78 is 16.8. The number of carbonyl (C=O) groups is 1. The van der Waals surface area contributed by atoms with Crippen LogP contribution in [-0.2, 0) is 11.3 Å². The van der Waals surface area contributed by atoms with E-state index >= 15 is 0 Å². The second kappa shape index (κ2) is 7.94. The molecule has 1 aromatic carbocycles. The molecule has 0 N–H and O–H groups in total. The van der Waals surface area contributed by atoms with Crippen LogP contribution < -0.4 is 11.2 Å². The van der Waals surface area contributed by atoms with Crippen molar-refractivity contribution in [3.05, 3.63) is 62.4 Å². The quantitative estimate of drug-likeness (QED) is 0.658. The lowest BCUT2D eigenvalue weighted by molar-refractivity contribution is -0.135. The molecule has 4 rings (SSSR count). The van der Waals surface area contributed by atoms with Gasteiger partial charge in [-0.2, -0.15) is 0 Å². The van der Waals surface area contributed by atoms with Crippen LogP contribution in [-0.4, -0.2) is 32.5 Å². The number of nitrogens with zero attached hydrogens (tertiary/aromatic N) is 3. The van der Waals surface area contributed by atoms with Crippen LogP contribution >= 0.6 is 11.3 Å². The first-order chi connectivity index (χ1) is 14.0. The molecule has 0 saturated carbocycles. The van der Waals surface area contributed by atoms with E-state index in [4.69, 9.17) is 0 Å². The minimum Gasteiger partial charge on any atom is -0.338 e. The number of benzene rings is 1. The smallest absolute Gasteiger partial charge is 0.336 e. The predicted octanol–water partition coefficient (Wildman–Crippen LogP) is 3.14. The maximum absolute atomic E-state index is 14.4. The zero-order chi connectivity index (χ0) is 20.5. The van der Waals surface area contributed by atoms with Crippen LogP contribution in [0.5, 0.6) is 0 Å². The molecule has 0 bridgehead atoms. The fourth-order valence-electron chi connectivity index (χ4n) is 4.07. The molecule has 0 spiro atoms. The zero-order valence-corrected chi connectivity index (χ0v) is 17.0. The van der Waals surface area contributed by atoms with E-state index in [-0.39, 0.29) is 24.2 Å². The third-order valence-electron chi connectivity index (χ3n) is 5.56. The third kappa shape index (κ3) is 3.42. The molecule has 8 heteroatoms.